The van der Waals surface area contributed by atoms with Crippen LogP contribution in [0, 0.1) is 12.7 Å². The van der Waals surface area contributed by atoms with Gasteiger partial charge in [0.05, 0.1) is 11.4 Å². The van der Waals surface area contributed by atoms with Gasteiger partial charge in [-0.3, -0.25) is 0 Å². The molecule has 4 nitrogen and oxygen atoms in total. The maximum absolute atomic E-state index is 13.8. The molecule has 5 rings (SSSR count). The summed E-state index contributed by atoms with van der Waals surface area (Å²) >= 11 is 0. The Morgan fingerprint density at radius 1 is 1.07 bits per heavy atom. The van der Waals surface area contributed by atoms with Crippen molar-refractivity contribution < 1.29 is 4.39 Å². The fourth-order valence-corrected chi connectivity index (χ4v) is 4.23. The lowest BCUT2D eigenvalue weighted by Gasteiger charge is -2.23. The van der Waals surface area contributed by atoms with Crippen molar-refractivity contribution in [3.05, 3.63) is 76.6 Å². The SMILES string of the molecule is Cc1ccccc1-c1cc2c(c(NC3NNc4ccc(F)cc43)n1)CCCC2. The molecule has 0 bridgehead atoms. The number of hydrogen-bond donors (Lipinski definition) is 3. The van der Waals surface area contributed by atoms with Crippen LogP contribution in [0.4, 0.5) is 15.9 Å². The molecule has 0 saturated heterocycles. The molecule has 142 valence electrons. The van der Waals surface area contributed by atoms with E-state index in [2.05, 4.69) is 53.4 Å². The molecular weight excluding hydrogens is 351 g/mol. The number of benzene rings is 2. The third kappa shape index (κ3) is 3.02. The summed E-state index contributed by atoms with van der Waals surface area (Å²) in [5.74, 6) is 0.659. The van der Waals surface area contributed by atoms with E-state index in [0.29, 0.717) is 0 Å². The molecule has 3 aromatic rings. The van der Waals surface area contributed by atoms with Gasteiger partial charge in [0.2, 0.25) is 0 Å². The monoisotopic (exact) mass is 374 g/mol. The van der Waals surface area contributed by atoms with Crippen molar-refractivity contribution in [2.75, 3.05) is 10.7 Å². The number of nitrogens with one attached hydrogen (secondary N) is 3. The molecule has 1 aromatic heterocycles. The molecule has 1 aliphatic carbocycles. The van der Waals surface area contributed by atoms with Crippen LogP contribution in [0.2, 0.25) is 0 Å². The standard InChI is InChI=1S/C23H23FN4/c1-14-6-2-4-8-17(14)21-12-15-7-3-5-9-18(15)22(25-21)26-23-19-13-16(24)10-11-20(19)27-28-23/h2,4,6,8,10-13,23,27-28H,3,5,7,9H2,1H3,(H,25,26). The largest absolute Gasteiger partial charge is 0.349 e. The molecule has 2 heterocycles. The predicted octanol–water partition coefficient (Wildman–Crippen LogP) is 5.12. The number of hydrazine groups is 1. The Morgan fingerprint density at radius 2 is 1.93 bits per heavy atom. The Hall–Kier alpha value is -2.92. The van der Waals surface area contributed by atoms with Crippen LogP contribution in [0.3, 0.4) is 0 Å². The van der Waals surface area contributed by atoms with Crippen LogP contribution in [0.15, 0.2) is 48.5 Å². The average Bonchev–Trinajstić information content (AvgIpc) is 3.10. The molecule has 1 atom stereocenters. The Labute approximate surface area is 164 Å². The van der Waals surface area contributed by atoms with Crippen LogP contribution in [-0.4, -0.2) is 4.98 Å². The van der Waals surface area contributed by atoms with Gasteiger partial charge in [0.1, 0.15) is 17.8 Å². The van der Waals surface area contributed by atoms with Crippen molar-refractivity contribution in [3.8, 4) is 11.3 Å². The molecule has 5 heteroatoms. The Morgan fingerprint density at radius 3 is 2.82 bits per heavy atom. The summed E-state index contributed by atoms with van der Waals surface area (Å²) in [5, 5.41) is 3.53. The second kappa shape index (κ2) is 6.91. The summed E-state index contributed by atoms with van der Waals surface area (Å²) in [6.45, 7) is 2.12. The first-order valence-corrected chi connectivity index (χ1v) is 9.85. The van der Waals surface area contributed by atoms with Crippen molar-refractivity contribution in [2.24, 2.45) is 0 Å². The van der Waals surface area contributed by atoms with Crippen molar-refractivity contribution in [3.63, 3.8) is 0 Å². The lowest BCUT2D eigenvalue weighted by molar-refractivity contribution is 0.620. The molecule has 28 heavy (non-hydrogen) atoms. The van der Waals surface area contributed by atoms with Gasteiger partial charge in [-0.25, -0.2) is 14.8 Å². The zero-order valence-corrected chi connectivity index (χ0v) is 15.8. The smallest absolute Gasteiger partial charge is 0.131 e. The first kappa shape index (κ1) is 17.2. The summed E-state index contributed by atoms with van der Waals surface area (Å²) in [4.78, 5) is 5.00. The van der Waals surface area contributed by atoms with Gasteiger partial charge in [-0.1, -0.05) is 24.3 Å². The van der Waals surface area contributed by atoms with Crippen LogP contribution in [-0.2, 0) is 12.8 Å². The van der Waals surface area contributed by atoms with Crippen LogP contribution < -0.4 is 16.2 Å². The van der Waals surface area contributed by atoms with Gasteiger partial charge in [-0.05, 0) is 73.6 Å². The lowest BCUT2D eigenvalue weighted by Crippen LogP contribution is -2.26. The van der Waals surface area contributed by atoms with Crippen LogP contribution in [0.25, 0.3) is 11.3 Å². The molecular formula is C23H23FN4. The fourth-order valence-electron chi connectivity index (χ4n) is 4.23. The second-order valence-electron chi connectivity index (χ2n) is 7.59. The minimum Gasteiger partial charge on any atom is -0.349 e. The second-order valence-corrected chi connectivity index (χ2v) is 7.59. The molecule has 0 spiro atoms. The normalized spacial score (nSPS) is 17.6. The summed E-state index contributed by atoms with van der Waals surface area (Å²) in [7, 11) is 0. The first-order valence-electron chi connectivity index (χ1n) is 9.85. The van der Waals surface area contributed by atoms with Crippen LogP contribution in [0.1, 0.15) is 41.3 Å². The molecule has 0 amide bonds. The molecule has 1 unspecified atom stereocenters. The lowest BCUT2D eigenvalue weighted by atomic mass is 9.90. The summed E-state index contributed by atoms with van der Waals surface area (Å²) in [6, 6.07) is 15.4. The topological polar surface area (TPSA) is 49.0 Å². The third-order valence-electron chi connectivity index (χ3n) is 5.72. The summed E-state index contributed by atoms with van der Waals surface area (Å²) in [6.07, 6.45) is 4.26. The van der Waals surface area contributed by atoms with Gasteiger partial charge in [-0.15, -0.1) is 0 Å². The number of anilines is 2. The Bertz CT molecular complexity index is 1050. The van der Waals surface area contributed by atoms with Gasteiger partial charge >= 0.3 is 0 Å². The quantitative estimate of drug-likeness (QED) is 0.596. The van der Waals surface area contributed by atoms with Crippen molar-refractivity contribution >= 4 is 11.5 Å². The molecule has 0 saturated carbocycles. The number of nitrogens with zero attached hydrogens (tertiary/aromatic N) is 1. The molecule has 0 radical (unpaired) electrons. The highest BCUT2D eigenvalue weighted by atomic mass is 19.1. The third-order valence-corrected chi connectivity index (χ3v) is 5.72. The fraction of sp³-hybridized carbons (Fsp3) is 0.261. The highest BCUT2D eigenvalue weighted by Crippen LogP contribution is 2.35. The van der Waals surface area contributed by atoms with Crippen molar-refractivity contribution in [1.29, 1.82) is 0 Å². The van der Waals surface area contributed by atoms with Crippen molar-refractivity contribution in [1.82, 2.24) is 10.4 Å². The van der Waals surface area contributed by atoms with E-state index in [9.17, 15) is 4.39 Å². The highest BCUT2D eigenvalue weighted by molar-refractivity contribution is 5.69. The van der Waals surface area contributed by atoms with E-state index < -0.39 is 0 Å². The van der Waals surface area contributed by atoms with Gasteiger partial charge in [0.25, 0.3) is 0 Å². The minimum atomic E-state index is -0.236. The van der Waals surface area contributed by atoms with Crippen molar-refractivity contribution in [2.45, 2.75) is 38.8 Å². The van der Waals surface area contributed by atoms with E-state index >= 15 is 0 Å². The van der Waals surface area contributed by atoms with Gasteiger partial charge in [0, 0.05) is 11.1 Å². The molecule has 0 fully saturated rings. The van der Waals surface area contributed by atoms with E-state index in [1.54, 1.807) is 12.1 Å². The van der Waals surface area contributed by atoms with E-state index in [0.717, 1.165) is 41.2 Å². The van der Waals surface area contributed by atoms with Crippen LogP contribution in [0.5, 0.6) is 0 Å². The van der Waals surface area contributed by atoms with Gasteiger partial charge in [0.15, 0.2) is 0 Å². The summed E-state index contributed by atoms with van der Waals surface area (Å²) in [5.41, 5.74) is 14.1. The Balaban J connectivity index is 1.57. The van der Waals surface area contributed by atoms with Crippen LogP contribution >= 0.6 is 0 Å². The van der Waals surface area contributed by atoms with E-state index in [4.69, 9.17) is 4.98 Å². The predicted molar refractivity (Wildman–Crippen MR) is 111 cm³/mol. The number of aromatic nitrogens is 1. The molecule has 1 aliphatic heterocycles. The number of halogens is 1. The van der Waals surface area contributed by atoms with E-state index in [1.165, 1.54) is 35.6 Å². The molecule has 2 aromatic carbocycles. The first-order chi connectivity index (χ1) is 13.7. The molecule has 2 aliphatic rings. The average molecular weight is 374 g/mol. The maximum atomic E-state index is 13.8. The maximum Gasteiger partial charge on any atom is 0.131 e. The zero-order valence-electron chi connectivity index (χ0n) is 15.8. The number of fused-ring (bicyclic) bond motifs is 2. The number of aryl methyl sites for hydroxylation is 2. The van der Waals surface area contributed by atoms with E-state index in [1.807, 2.05) is 0 Å². The van der Waals surface area contributed by atoms with E-state index in [-0.39, 0.29) is 12.0 Å². The Kier molecular flexibility index (Phi) is 4.24. The van der Waals surface area contributed by atoms with Gasteiger partial charge < -0.3 is 10.7 Å². The number of rotatable bonds is 3. The highest BCUT2D eigenvalue weighted by Gasteiger charge is 2.25. The minimum absolute atomic E-state index is 0.226. The molecule has 3 N–H and O–H groups in total. The van der Waals surface area contributed by atoms with Gasteiger partial charge in [-0.2, -0.15) is 0 Å². The summed E-state index contributed by atoms with van der Waals surface area (Å²) < 4.78 is 13.8. The number of hydrogen-bond acceptors (Lipinski definition) is 4. The number of pyridine rings is 1. The zero-order chi connectivity index (χ0) is 19.1.